The number of aromatic nitrogens is 1. The Hall–Kier alpha value is -1.02. The lowest BCUT2D eigenvalue weighted by Crippen LogP contribution is -2.42. The summed E-state index contributed by atoms with van der Waals surface area (Å²) in [6.45, 7) is 6.05. The largest absolute Gasteiger partial charge is 0.383 e. The summed E-state index contributed by atoms with van der Waals surface area (Å²) in [6, 6.07) is 0. The summed E-state index contributed by atoms with van der Waals surface area (Å²) in [5.41, 5.74) is 3.03. The molecule has 1 aromatic rings. The van der Waals surface area contributed by atoms with Gasteiger partial charge in [-0.3, -0.25) is 9.69 Å². The molecule has 3 heterocycles. The zero-order valence-corrected chi connectivity index (χ0v) is 14.6. The number of fused-ring (bicyclic) bond motifs is 1. The third kappa shape index (κ3) is 4.09. The van der Waals surface area contributed by atoms with Crippen LogP contribution in [0.25, 0.3) is 0 Å². The quantitative estimate of drug-likeness (QED) is 0.789. The Bertz CT molecular complexity index is 536. The monoisotopic (exact) mass is 339 g/mol. The van der Waals surface area contributed by atoms with E-state index in [1.54, 1.807) is 18.4 Å². The van der Waals surface area contributed by atoms with Crippen LogP contribution in [0.2, 0.25) is 0 Å². The molecule has 2 saturated heterocycles. The third-order valence-corrected chi connectivity index (χ3v) is 5.67. The van der Waals surface area contributed by atoms with Gasteiger partial charge in [0, 0.05) is 31.6 Å². The Morgan fingerprint density at radius 2 is 2.48 bits per heavy atom. The van der Waals surface area contributed by atoms with Gasteiger partial charge in [-0.2, -0.15) is 0 Å². The molecule has 1 N–H and O–H groups in total. The van der Waals surface area contributed by atoms with E-state index in [0.717, 1.165) is 38.2 Å². The van der Waals surface area contributed by atoms with Gasteiger partial charge in [-0.1, -0.05) is 0 Å². The number of likely N-dealkylation sites (tertiary alicyclic amines) is 1. The average Bonchev–Trinajstić information content (AvgIpc) is 3.14. The molecule has 6 nitrogen and oxygen atoms in total. The maximum Gasteiger partial charge on any atom is 0.249 e. The number of ether oxygens (including phenoxy) is 2. The summed E-state index contributed by atoms with van der Waals surface area (Å²) >= 11 is 1.72. The molecular formula is C16H25N3O3S. The van der Waals surface area contributed by atoms with Crippen LogP contribution < -0.4 is 5.32 Å². The number of carbonyl (C=O) groups is 1. The Morgan fingerprint density at radius 3 is 3.22 bits per heavy atom. The number of rotatable bonds is 6. The van der Waals surface area contributed by atoms with Crippen molar-refractivity contribution in [1.82, 2.24) is 15.2 Å². The van der Waals surface area contributed by atoms with E-state index in [4.69, 9.17) is 9.47 Å². The minimum atomic E-state index is -0.299. The first-order valence-corrected chi connectivity index (χ1v) is 9.08. The van der Waals surface area contributed by atoms with E-state index in [9.17, 15) is 4.79 Å². The van der Waals surface area contributed by atoms with Crippen molar-refractivity contribution in [1.29, 1.82) is 0 Å². The maximum absolute atomic E-state index is 12.1. The zero-order chi connectivity index (χ0) is 16.2. The molecule has 1 aromatic heterocycles. The number of piperidine rings is 1. The molecule has 1 amide bonds. The summed E-state index contributed by atoms with van der Waals surface area (Å²) in [7, 11) is 1.63. The van der Waals surface area contributed by atoms with E-state index in [2.05, 4.69) is 22.1 Å². The summed E-state index contributed by atoms with van der Waals surface area (Å²) in [4.78, 5) is 20.2. The van der Waals surface area contributed by atoms with Crippen LogP contribution in [0, 0.1) is 12.8 Å². The SMILES string of the molecule is COCCNC(=O)[C@H]1C[C@@H]2CCN(Cc3scnc3C)C[C@H]2O1. The molecule has 2 aliphatic heterocycles. The van der Waals surface area contributed by atoms with E-state index in [1.165, 1.54) is 4.88 Å². The third-order valence-electron chi connectivity index (χ3n) is 4.75. The van der Waals surface area contributed by atoms with E-state index < -0.39 is 0 Å². The first kappa shape index (κ1) is 16.8. The fraction of sp³-hybridized carbons (Fsp3) is 0.750. The molecule has 0 spiro atoms. The standard InChI is InChI=1S/C16H25N3O3S/c1-11-15(23-10-18-11)9-19-5-3-12-7-13(22-14(12)8-19)16(20)17-4-6-21-2/h10,12-14H,3-9H2,1-2H3,(H,17,20)/t12-,13+,14+/m0/s1. The molecule has 0 unspecified atom stereocenters. The van der Waals surface area contributed by atoms with Crippen molar-refractivity contribution in [3.8, 4) is 0 Å². The topological polar surface area (TPSA) is 63.7 Å². The lowest BCUT2D eigenvalue weighted by molar-refractivity contribution is -0.133. The van der Waals surface area contributed by atoms with E-state index in [-0.39, 0.29) is 18.1 Å². The fourth-order valence-corrected chi connectivity index (χ4v) is 4.20. The number of hydrogen-bond donors (Lipinski definition) is 1. The predicted octanol–water partition coefficient (Wildman–Crippen LogP) is 1.19. The molecule has 2 fully saturated rings. The van der Waals surface area contributed by atoms with Gasteiger partial charge in [0.15, 0.2) is 0 Å². The van der Waals surface area contributed by atoms with Crippen molar-refractivity contribution in [2.24, 2.45) is 5.92 Å². The van der Waals surface area contributed by atoms with Gasteiger partial charge < -0.3 is 14.8 Å². The molecule has 0 aliphatic carbocycles. The van der Waals surface area contributed by atoms with Crippen LogP contribution in [-0.4, -0.2) is 61.3 Å². The average molecular weight is 339 g/mol. The number of carbonyl (C=O) groups excluding carboxylic acids is 1. The maximum atomic E-state index is 12.1. The first-order chi connectivity index (χ1) is 11.2. The Morgan fingerprint density at radius 1 is 1.61 bits per heavy atom. The lowest BCUT2D eigenvalue weighted by Gasteiger charge is -2.33. The van der Waals surface area contributed by atoms with Crippen molar-refractivity contribution in [2.45, 2.75) is 38.5 Å². The van der Waals surface area contributed by atoms with Crippen LogP contribution in [0.4, 0.5) is 0 Å². The number of methoxy groups -OCH3 is 1. The molecule has 3 atom stereocenters. The van der Waals surface area contributed by atoms with Crippen LogP contribution in [0.1, 0.15) is 23.4 Å². The molecule has 7 heteroatoms. The van der Waals surface area contributed by atoms with Crippen LogP contribution >= 0.6 is 11.3 Å². The van der Waals surface area contributed by atoms with Gasteiger partial charge in [0.25, 0.3) is 0 Å². The predicted molar refractivity (Wildman–Crippen MR) is 88.4 cm³/mol. The molecule has 0 aromatic carbocycles. The molecule has 0 radical (unpaired) electrons. The highest BCUT2D eigenvalue weighted by Gasteiger charge is 2.41. The number of nitrogens with one attached hydrogen (secondary N) is 1. The Balaban J connectivity index is 1.49. The summed E-state index contributed by atoms with van der Waals surface area (Å²) in [5.74, 6) is 0.508. The summed E-state index contributed by atoms with van der Waals surface area (Å²) in [6.07, 6.45) is 1.82. The van der Waals surface area contributed by atoms with Gasteiger partial charge in [0.05, 0.1) is 23.9 Å². The van der Waals surface area contributed by atoms with Crippen LogP contribution in [0.15, 0.2) is 5.51 Å². The zero-order valence-electron chi connectivity index (χ0n) is 13.8. The molecule has 2 aliphatic rings. The highest BCUT2D eigenvalue weighted by Crippen LogP contribution is 2.34. The highest BCUT2D eigenvalue weighted by molar-refractivity contribution is 7.09. The van der Waals surface area contributed by atoms with Crippen LogP contribution in [0.5, 0.6) is 0 Å². The van der Waals surface area contributed by atoms with Crippen molar-refractivity contribution in [3.05, 3.63) is 16.1 Å². The minimum absolute atomic E-state index is 0.00120. The second kappa shape index (κ2) is 7.70. The van der Waals surface area contributed by atoms with E-state index >= 15 is 0 Å². The van der Waals surface area contributed by atoms with Crippen LogP contribution in [-0.2, 0) is 20.8 Å². The van der Waals surface area contributed by atoms with Crippen LogP contribution in [0.3, 0.4) is 0 Å². The molecule has 3 rings (SSSR count). The van der Waals surface area contributed by atoms with E-state index in [1.807, 2.05) is 5.51 Å². The van der Waals surface area contributed by atoms with Gasteiger partial charge in [-0.05, 0) is 32.2 Å². The fourth-order valence-electron chi connectivity index (χ4n) is 3.38. The molecule has 0 bridgehead atoms. The van der Waals surface area contributed by atoms with Gasteiger partial charge in [-0.25, -0.2) is 4.98 Å². The first-order valence-electron chi connectivity index (χ1n) is 8.20. The smallest absolute Gasteiger partial charge is 0.249 e. The number of aryl methyl sites for hydroxylation is 1. The number of hydrogen-bond acceptors (Lipinski definition) is 6. The van der Waals surface area contributed by atoms with Gasteiger partial charge in [-0.15, -0.1) is 11.3 Å². The number of thiazole rings is 1. The van der Waals surface area contributed by atoms with Crippen molar-refractivity contribution < 1.29 is 14.3 Å². The van der Waals surface area contributed by atoms with Crippen molar-refractivity contribution in [2.75, 3.05) is 33.4 Å². The van der Waals surface area contributed by atoms with Gasteiger partial charge in [0.1, 0.15) is 6.10 Å². The van der Waals surface area contributed by atoms with Gasteiger partial charge in [0.2, 0.25) is 5.91 Å². The van der Waals surface area contributed by atoms with Crippen molar-refractivity contribution in [3.63, 3.8) is 0 Å². The molecule has 128 valence electrons. The number of amides is 1. The molecular weight excluding hydrogens is 314 g/mol. The molecule has 23 heavy (non-hydrogen) atoms. The highest BCUT2D eigenvalue weighted by atomic mass is 32.1. The second-order valence-corrected chi connectivity index (χ2v) is 7.27. The van der Waals surface area contributed by atoms with E-state index in [0.29, 0.717) is 19.1 Å². The minimum Gasteiger partial charge on any atom is -0.383 e. The van der Waals surface area contributed by atoms with Gasteiger partial charge >= 0.3 is 0 Å². The normalized spacial score (nSPS) is 27.8. The Kier molecular flexibility index (Phi) is 5.63. The lowest BCUT2D eigenvalue weighted by atomic mass is 9.91. The summed E-state index contributed by atoms with van der Waals surface area (Å²) in [5, 5.41) is 2.88. The Labute approximate surface area is 141 Å². The van der Waals surface area contributed by atoms with Crippen molar-refractivity contribution >= 4 is 17.2 Å². The second-order valence-electron chi connectivity index (χ2n) is 6.33. The number of nitrogens with zero attached hydrogens (tertiary/aromatic N) is 2. The molecule has 0 saturated carbocycles. The summed E-state index contributed by atoms with van der Waals surface area (Å²) < 4.78 is 11.0.